The van der Waals surface area contributed by atoms with E-state index in [2.05, 4.69) is 20.5 Å². The first-order chi connectivity index (χ1) is 16.9. The van der Waals surface area contributed by atoms with Gasteiger partial charge in [0.1, 0.15) is 6.04 Å². The Morgan fingerprint density at radius 1 is 1.17 bits per heavy atom. The summed E-state index contributed by atoms with van der Waals surface area (Å²) in [4.78, 5) is 52.5. The van der Waals surface area contributed by atoms with E-state index in [-0.39, 0.29) is 30.1 Å². The molecule has 0 spiro atoms. The summed E-state index contributed by atoms with van der Waals surface area (Å²) in [6.07, 6.45) is 3.94. The molecule has 4 heterocycles. The lowest BCUT2D eigenvalue weighted by Crippen LogP contribution is -2.52. The lowest BCUT2D eigenvalue weighted by atomic mass is 9.97. The van der Waals surface area contributed by atoms with Crippen molar-refractivity contribution in [2.75, 3.05) is 19.7 Å². The van der Waals surface area contributed by atoms with Crippen LogP contribution in [-0.4, -0.2) is 74.2 Å². The van der Waals surface area contributed by atoms with Gasteiger partial charge in [0, 0.05) is 25.1 Å². The van der Waals surface area contributed by atoms with Gasteiger partial charge in [-0.1, -0.05) is 11.3 Å². The molecule has 1 N–H and O–H groups in total. The Hall–Kier alpha value is -3.60. The van der Waals surface area contributed by atoms with E-state index < -0.39 is 11.9 Å². The standard InChI is InChI=1S/C24H28N6O5/c1-2-35-24(34)15-7-9-28(10-8-15)13-17-14-30(27-26-17)18-4-3-16-12-29(23(33)19(16)11-18)20-5-6-21(31)25-22(20)32/h3-4,11,14-15,20H,2,5-10,12-13H2,1H3,(H,25,31,32). The number of carbonyl (C=O) groups is 4. The van der Waals surface area contributed by atoms with Gasteiger partial charge in [-0.15, -0.1) is 5.10 Å². The monoisotopic (exact) mass is 480 g/mol. The molecule has 2 saturated heterocycles. The molecule has 2 fully saturated rings. The maximum Gasteiger partial charge on any atom is 0.309 e. The second-order valence-corrected chi connectivity index (χ2v) is 9.20. The van der Waals surface area contributed by atoms with E-state index in [0.717, 1.165) is 37.2 Å². The fourth-order valence-electron chi connectivity index (χ4n) is 5.00. The minimum Gasteiger partial charge on any atom is -0.466 e. The number of nitrogens with zero attached hydrogens (tertiary/aromatic N) is 5. The number of ether oxygens (including phenoxy) is 1. The van der Waals surface area contributed by atoms with Gasteiger partial charge in [-0.2, -0.15) is 0 Å². The molecule has 0 radical (unpaired) electrons. The second-order valence-electron chi connectivity index (χ2n) is 9.20. The highest BCUT2D eigenvalue weighted by Gasteiger charge is 2.39. The first kappa shape index (κ1) is 23.2. The molecule has 5 rings (SSSR count). The van der Waals surface area contributed by atoms with E-state index in [1.165, 1.54) is 4.90 Å². The maximum absolute atomic E-state index is 13.1. The van der Waals surface area contributed by atoms with Crippen LogP contribution in [0.1, 0.15) is 54.2 Å². The lowest BCUT2D eigenvalue weighted by Gasteiger charge is -2.30. The molecule has 2 aromatic rings. The Labute approximate surface area is 202 Å². The van der Waals surface area contributed by atoms with Crippen LogP contribution in [0, 0.1) is 5.92 Å². The quantitative estimate of drug-likeness (QED) is 0.475. The number of piperidine rings is 2. The molecule has 11 heteroatoms. The van der Waals surface area contributed by atoms with E-state index in [4.69, 9.17) is 4.74 Å². The first-order valence-electron chi connectivity index (χ1n) is 12.0. The van der Waals surface area contributed by atoms with Crippen LogP contribution >= 0.6 is 0 Å². The third-order valence-corrected chi connectivity index (χ3v) is 6.91. The Balaban J connectivity index is 1.23. The van der Waals surface area contributed by atoms with Crippen LogP contribution in [0.5, 0.6) is 0 Å². The largest absolute Gasteiger partial charge is 0.466 e. The van der Waals surface area contributed by atoms with Crippen molar-refractivity contribution in [3.63, 3.8) is 0 Å². The average molecular weight is 481 g/mol. The fourth-order valence-corrected chi connectivity index (χ4v) is 5.00. The van der Waals surface area contributed by atoms with Crippen molar-refractivity contribution >= 4 is 23.7 Å². The predicted molar refractivity (Wildman–Crippen MR) is 122 cm³/mol. The Morgan fingerprint density at radius 2 is 1.97 bits per heavy atom. The molecule has 1 atom stereocenters. The van der Waals surface area contributed by atoms with Gasteiger partial charge < -0.3 is 9.64 Å². The lowest BCUT2D eigenvalue weighted by molar-refractivity contribution is -0.149. The van der Waals surface area contributed by atoms with Crippen LogP contribution in [0.3, 0.4) is 0 Å². The Morgan fingerprint density at radius 3 is 2.71 bits per heavy atom. The summed E-state index contributed by atoms with van der Waals surface area (Å²) in [7, 11) is 0. The minimum atomic E-state index is -0.637. The highest BCUT2D eigenvalue weighted by molar-refractivity contribution is 6.05. The molecule has 1 aromatic heterocycles. The molecule has 11 nitrogen and oxygen atoms in total. The molecule has 184 valence electrons. The van der Waals surface area contributed by atoms with Crippen LogP contribution in [0.25, 0.3) is 5.69 Å². The zero-order valence-corrected chi connectivity index (χ0v) is 19.6. The molecule has 1 aromatic carbocycles. The van der Waals surface area contributed by atoms with E-state index in [1.807, 2.05) is 25.3 Å². The SMILES string of the molecule is CCOC(=O)C1CCN(Cc2cn(-c3ccc4c(c3)C(=O)N(C3CCC(=O)NC3=O)C4)nn2)CC1. The predicted octanol–water partition coefficient (Wildman–Crippen LogP) is 0.803. The van der Waals surface area contributed by atoms with Gasteiger partial charge in [0.25, 0.3) is 5.91 Å². The number of carbonyl (C=O) groups excluding carboxylic acids is 4. The van der Waals surface area contributed by atoms with Crippen molar-refractivity contribution in [2.45, 2.75) is 51.7 Å². The van der Waals surface area contributed by atoms with Gasteiger partial charge in [0.2, 0.25) is 11.8 Å². The number of rotatable bonds is 6. The Bertz CT molecular complexity index is 1170. The number of nitrogens with one attached hydrogen (secondary N) is 1. The van der Waals surface area contributed by atoms with Crippen LogP contribution in [0.4, 0.5) is 0 Å². The van der Waals surface area contributed by atoms with Crippen molar-refractivity contribution in [1.82, 2.24) is 30.1 Å². The summed E-state index contributed by atoms with van der Waals surface area (Å²) in [5.41, 5.74) is 2.89. The van der Waals surface area contributed by atoms with Crippen molar-refractivity contribution in [2.24, 2.45) is 5.92 Å². The van der Waals surface area contributed by atoms with Crippen molar-refractivity contribution in [3.05, 3.63) is 41.2 Å². The smallest absolute Gasteiger partial charge is 0.309 e. The zero-order chi connectivity index (χ0) is 24.5. The summed E-state index contributed by atoms with van der Waals surface area (Å²) in [6, 6.07) is 4.88. The van der Waals surface area contributed by atoms with E-state index in [0.29, 0.717) is 37.4 Å². The molecular weight excluding hydrogens is 452 g/mol. The van der Waals surface area contributed by atoms with Crippen molar-refractivity contribution in [3.8, 4) is 5.69 Å². The van der Waals surface area contributed by atoms with Gasteiger partial charge in [0.15, 0.2) is 0 Å². The molecule has 3 aliphatic heterocycles. The highest BCUT2D eigenvalue weighted by atomic mass is 16.5. The highest BCUT2D eigenvalue weighted by Crippen LogP contribution is 2.29. The number of hydrogen-bond acceptors (Lipinski definition) is 8. The van der Waals surface area contributed by atoms with Gasteiger partial charge in [0.05, 0.1) is 30.1 Å². The molecule has 0 saturated carbocycles. The van der Waals surface area contributed by atoms with E-state index in [9.17, 15) is 19.2 Å². The van der Waals surface area contributed by atoms with Crippen molar-refractivity contribution < 1.29 is 23.9 Å². The molecule has 0 aliphatic carbocycles. The summed E-state index contributed by atoms with van der Waals surface area (Å²) >= 11 is 0. The molecular formula is C24H28N6O5. The number of fused-ring (bicyclic) bond motifs is 1. The fraction of sp³-hybridized carbons (Fsp3) is 0.500. The topological polar surface area (TPSA) is 127 Å². The van der Waals surface area contributed by atoms with Crippen LogP contribution in [-0.2, 0) is 32.2 Å². The molecule has 3 amide bonds. The van der Waals surface area contributed by atoms with Gasteiger partial charge >= 0.3 is 5.97 Å². The van der Waals surface area contributed by atoms with Gasteiger partial charge in [-0.05, 0) is 57.0 Å². The van der Waals surface area contributed by atoms with Crippen LogP contribution in [0.2, 0.25) is 0 Å². The minimum absolute atomic E-state index is 0.0365. The third kappa shape index (κ3) is 4.68. The number of aromatic nitrogens is 3. The third-order valence-electron chi connectivity index (χ3n) is 6.91. The number of imide groups is 1. The number of esters is 1. The van der Waals surface area contributed by atoms with Gasteiger partial charge in [-0.3, -0.25) is 29.4 Å². The number of amides is 3. The Kier molecular flexibility index (Phi) is 6.33. The summed E-state index contributed by atoms with van der Waals surface area (Å²) < 4.78 is 6.78. The molecule has 3 aliphatic rings. The summed E-state index contributed by atoms with van der Waals surface area (Å²) in [5, 5.41) is 10.8. The zero-order valence-electron chi connectivity index (χ0n) is 19.6. The molecule has 35 heavy (non-hydrogen) atoms. The van der Waals surface area contributed by atoms with Crippen molar-refractivity contribution in [1.29, 1.82) is 0 Å². The molecule has 0 bridgehead atoms. The van der Waals surface area contributed by atoms with E-state index >= 15 is 0 Å². The summed E-state index contributed by atoms with van der Waals surface area (Å²) in [5.74, 6) is -1.09. The number of likely N-dealkylation sites (tertiary alicyclic amines) is 1. The second kappa shape index (κ2) is 9.57. The van der Waals surface area contributed by atoms with Crippen LogP contribution < -0.4 is 5.32 Å². The van der Waals surface area contributed by atoms with Gasteiger partial charge in [-0.25, -0.2) is 4.68 Å². The number of hydrogen-bond donors (Lipinski definition) is 1. The number of benzene rings is 1. The van der Waals surface area contributed by atoms with E-state index in [1.54, 1.807) is 10.7 Å². The van der Waals surface area contributed by atoms with Crippen LogP contribution in [0.15, 0.2) is 24.4 Å². The maximum atomic E-state index is 13.1. The normalized spacial score (nSPS) is 21.2. The average Bonchev–Trinajstić information content (AvgIpc) is 3.44. The molecule has 1 unspecified atom stereocenters. The summed E-state index contributed by atoms with van der Waals surface area (Å²) in [6.45, 7) is 4.78. The first-order valence-corrected chi connectivity index (χ1v) is 12.0.